The zero-order chi connectivity index (χ0) is 12.7. The summed E-state index contributed by atoms with van der Waals surface area (Å²) < 4.78 is 0. The lowest BCUT2D eigenvalue weighted by molar-refractivity contribution is 0.135. The molecule has 102 valence electrons. The Morgan fingerprint density at radius 2 is 2.24 bits per heavy atom. The summed E-state index contributed by atoms with van der Waals surface area (Å²) in [5.41, 5.74) is 0. The van der Waals surface area contributed by atoms with Gasteiger partial charge in [-0.3, -0.25) is 0 Å². The normalized spacial score (nSPS) is 28.2. The molecule has 1 rings (SSSR count). The SMILES string of the molecule is CCCNC1CCN(CCC(C)SC)C(C)C1. The van der Waals surface area contributed by atoms with E-state index in [-0.39, 0.29) is 0 Å². The predicted octanol–water partition coefficient (Wildman–Crippen LogP) is 2.98. The number of hydrogen-bond donors (Lipinski definition) is 1. The summed E-state index contributed by atoms with van der Waals surface area (Å²) in [6.45, 7) is 10.7. The first-order valence-electron chi connectivity index (χ1n) is 7.17. The third-order valence-corrected chi connectivity index (χ3v) is 4.96. The Morgan fingerprint density at radius 1 is 1.47 bits per heavy atom. The van der Waals surface area contributed by atoms with Crippen molar-refractivity contribution in [2.24, 2.45) is 0 Å². The van der Waals surface area contributed by atoms with Crippen LogP contribution in [0.25, 0.3) is 0 Å². The quantitative estimate of drug-likeness (QED) is 0.756. The van der Waals surface area contributed by atoms with E-state index in [0.29, 0.717) is 0 Å². The molecule has 1 aliphatic rings. The van der Waals surface area contributed by atoms with Gasteiger partial charge in [-0.15, -0.1) is 0 Å². The zero-order valence-corrected chi connectivity index (χ0v) is 12.9. The molecule has 0 amide bonds. The first kappa shape index (κ1) is 15.3. The fraction of sp³-hybridized carbons (Fsp3) is 1.00. The second-order valence-corrected chi connectivity index (χ2v) is 6.67. The molecule has 0 radical (unpaired) electrons. The summed E-state index contributed by atoms with van der Waals surface area (Å²) in [5.74, 6) is 0. The van der Waals surface area contributed by atoms with Crippen molar-refractivity contribution >= 4 is 11.8 Å². The number of thioether (sulfide) groups is 1. The molecule has 1 saturated heterocycles. The van der Waals surface area contributed by atoms with Crippen molar-refractivity contribution in [3.8, 4) is 0 Å². The highest BCUT2D eigenvalue weighted by Crippen LogP contribution is 2.19. The lowest BCUT2D eigenvalue weighted by Crippen LogP contribution is -2.48. The van der Waals surface area contributed by atoms with Crippen molar-refractivity contribution in [2.75, 3.05) is 25.9 Å². The van der Waals surface area contributed by atoms with Crippen molar-refractivity contribution in [3.05, 3.63) is 0 Å². The number of hydrogen-bond acceptors (Lipinski definition) is 3. The van der Waals surface area contributed by atoms with Crippen LogP contribution in [0.5, 0.6) is 0 Å². The largest absolute Gasteiger partial charge is 0.314 e. The molecule has 0 aromatic carbocycles. The van der Waals surface area contributed by atoms with Gasteiger partial charge < -0.3 is 10.2 Å². The zero-order valence-electron chi connectivity index (χ0n) is 12.0. The third-order valence-electron chi connectivity index (χ3n) is 3.92. The van der Waals surface area contributed by atoms with Crippen LogP contribution in [-0.2, 0) is 0 Å². The van der Waals surface area contributed by atoms with Gasteiger partial charge >= 0.3 is 0 Å². The Kier molecular flexibility index (Phi) is 7.56. The number of nitrogens with zero attached hydrogens (tertiary/aromatic N) is 1. The van der Waals surface area contributed by atoms with Gasteiger partial charge in [0.2, 0.25) is 0 Å². The van der Waals surface area contributed by atoms with Crippen molar-refractivity contribution in [2.45, 2.75) is 63.8 Å². The highest BCUT2D eigenvalue weighted by Gasteiger charge is 2.24. The molecule has 3 unspecified atom stereocenters. The van der Waals surface area contributed by atoms with Crippen LogP contribution in [0.2, 0.25) is 0 Å². The first-order chi connectivity index (χ1) is 8.17. The van der Waals surface area contributed by atoms with E-state index in [1.807, 2.05) is 11.8 Å². The maximum absolute atomic E-state index is 3.67. The second kappa shape index (κ2) is 8.39. The minimum absolute atomic E-state index is 0.757. The van der Waals surface area contributed by atoms with Crippen LogP contribution in [0.1, 0.15) is 46.5 Å². The van der Waals surface area contributed by atoms with E-state index in [1.54, 1.807) is 0 Å². The van der Waals surface area contributed by atoms with E-state index in [2.05, 4.69) is 37.2 Å². The monoisotopic (exact) mass is 258 g/mol. The maximum atomic E-state index is 3.67. The molecule has 0 aromatic rings. The molecule has 3 atom stereocenters. The van der Waals surface area contributed by atoms with Crippen LogP contribution < -0.4 is 5.32 Å². The van der Waals surface area contributed by atoms with Gasteiger partial charge in [-0.05, 0) is 58.5 Å². The average Bonchev–Trinajstić information content (AvgIpc) is 2.34. The Hall–Kier alpha value is 0.270. The Labute approximate surface area is 112 Å². The molecular weight excluding hydrogens is 228 g/mol. The minimum Gasteiger partial charge on any atom is -0.314 e. The van der Waals surface area contributed by atoms with E-state index >= 15 is 0 Å². The number of likely N-dealkylation sites (tertiary alicyclic amines) is 1. The third kappa shape index (κ3) is 5.62. The number of piperidine rings is 1. The van der Waals surface area contributed by atoms with E-state index in [1.165, 1.54) is 45.3 Å². The molecule has 1 heterocycles. The fourth-order valence-corrected chi connectivity index (χ4v) is 2.89. The highest BCUT2D eigenvalue weighted by atomic mass is 32.2. The van der Waals surface area contributed by atoms with E-state index < -0.39 is 0 Å². The molecule has 0 aromatic heterocycles. The molecule has 0 aliphatic carbocycles. The molecular formula is C14H30N2S. The standard InChI is InChI=1S/C14H30N2S/c1-5-8-15-14-7-10-16(12(2)11-14)9-6-13(3)17-4/h12-15H,5-11H2,1-4H3. The molecule has 2 nitrogen and oxygen atoms in total. The summed E-state index contributed by atoms with van der Waals surface area (Å²) >= 11 is 1.99. The summed E-state index contributed by atoms with van der Waals surface area (Å²) in [7, 11) is 0. The molecule has 1 fully saturated rings. The lowest BCUT2D eigenvalue weighted by atomic mass is 9.98. The van der Waals surface area contributed by atoms with Crippen LogP contribution in [0.4, 0.5) is 0 Å². The number of rotatable bonds is 7. The van der Waals surface area contributed by atoms with Gasteiger partial charge in [-0.1, -0.05) is 13.8 Å². The predicted molar refractivity (Wildman–Crippen MR) is 79.9 cm³/mol. The summed E-state index contributed by atoms with van der Waals surface area (Å²) in [4.78, 5) is 2.68. The molecule has 1 N–H and O–H groups in total. The van der Waals surface area contributed by atoms with Crippen LogP contribution in [0, 0.1) is 0 Å². The second-order valence-electron chi connectivity index (χ2n) is 5.40. The molecule has 3 heteroatoms. The van der Waals surface area contributed by atoms with Crippen LogP contribution in [0.15, 0.2) is 0 Å². The lowest BCUT2D eigenvalue weighted by Gasteiger charge is -2.38. The van der Waals surface area contributed by atoms with Crippen LogP contribution >= 0.6 is 11.8 Å². The highest BCUT2D eigenvalue weighted by molar-refractivity contribution is 7.99. The van der Waals surface area contributed by atoms with Crippen molar-refractivity contribution in [3.63, 3.8) is 0 Å². The summed E-state index contributed by atoms with van der Waals surface area (Å²) in [5, 5.41) is 4.47. The van der Waals surface area contributed by atoms with Crippen molar-refractivity contribution < 1.29 is 0 Å². The Bertz CT molecular complexity index is 199. The Balaban J connectivity index is 2.22. The van der Waals surface area contributed by atoms with Gasteiger partial charge in [0.05, 0.1) is 0 Å². The van der Waals surface area contributed by atoms with Crippen LogP contribution in [-0.4, -0.2) is 48.1 Å². The topological polar surface area (TPSA) is 15.3 Å². The maximum Gasteiger partial charge on any atom is 0.00940 e. The van der Waals surface area contributed by atoms with Crippen molar-refractivity contribution in [1.29, 1.82) is 0 Å². The summed E-state index contributed by atoms with van der Waals surface area (Å²) in [6, 6.07) is 1.52. The van der Waals surface area contributed by atoms with Gasteiger partial charge in [0.15, 0.2) is 0 Å². The average molecular weight is 258 g/mol. The minimum atomic E-state index is 0.757. The number of nitrogens with one attached hydrogen (secondary N) is 1. The van der Waals surface area contributed by atoms with E-state index in [4.69, 9.17) is 0 Å². The smallest absolute Gasteiger partial charge is 0.00940 e. The fourth-order valence-electron chi connectivity index (χ4n) is 2.55. The van der Waals surface area contributed by atoms with E-state index in [9.17, 15) is 0 Å². The van der Waals surface area contributed by atoms with Crippen LogP contribution in [0.3, 0.4) is 0 Å². The first-order valence-corrected chi connectivity index (χ1v) is 8.46. The molecule has 17 heavy (non-hydrogen) atoms. The van der Waals surface area contributed by atoms with Gasteiger partial charge in [-0.25, -0.2) is 0 Å². The molecule has 0 bridgehead atoms. The Morgan fingerprint density at radius 3 is 2.82 bits per heavy atom. The molecule has 0 saturated carbocycles. The van der Waals surface area contributed by atoms with Gasteiger partial charge in [0, 0.05) is 17.3 Å². The molecule has 0 spiro atoms. The van der Waals surface area contributed by atoms with Gasteiger partial charge in [0.1, 0.15) is 0 Å². The summed E-state index contributed by atoms with van der Waals surface area (Å²) in [6.07, 6.45) is 7.46. The van der Waals surface area contributed by atoms with E-state index in [0.717, 1.165) is 17.3 Å². The van der Waals surface area contributed by atoms with Gasteiger partial charge in [-0.2, -0.15) is 11.8 Å². The van der Waals surface area contributed by atoms with Crippen molar-refractivity contribution in [1.82, 2.24) is 10.2 Å². The van der Waals surface area contributed by atoms with Gasteiger partial charge in [0.25, 0.3) is 0 Å². The molecule has 1 aliphatic heterocycles.